The van der Waals surface area contributed by atoms with Gasteiger partial charge in [0.05, 0.1) is 13.2 Å². The lowest BCUT2D eigenvalue weighted by atomic mass is 10.1. The summed E-state index contributed by atoms with van der Waals surface area (Å²) in [5.74, 6) is 0.802. The van der Waals surface area contributed by atoms with E-state index in [4.69, 9.17) is 4.74 Å². The summed E-state index contributed by atoms with van der Waals surface area (Å²) in [6.45, 7) is 3.34. The van der Waals surface area contributed by atoms with Crippen molar-refractivity contribution in [3.63, 3.8) is 0 Å². The number of methoxy groups -OCH3 is 1. The van der Waals surface area contributed by atoms with Crippen LogP contribution in [0.4, 0.5) is 4.79 Å². The van der Waals surface area contributed by atoms with Crippen LogP contribution in [-0.4, -0.2) is 24.6 Å². The molecule has 3 rings (SSSR count). The molecule has 0 heterocycles. The second kappa shape index (κ2) is 8.06. The maximum atomic E-state index is 12.9. The highest BCUT2D eigenvalue weighted by Gasteiger charge is 2.30. The first kappa shape index (κ1) is 17.3. The number of benzene rings is 2. The highest BCUT2D eigenvalue weighted by atomic mass is 16.5. The van der Waals surface area contributed by atoms with Crippen LogP contribution in [-0.2, 0) is 13.0 Å². The smallest absolute Gasteiger partial charge is 0.318 e. The van der Waals surface area contributed by atoms with Gasteiger partial charge in [-0.2, -0.15) is 0 Å². The van der Waals surface area contributed by atoms with E-state index in [2.05, 4.69) is 36.5 Å². The quantitative estimate of drug-likeness (QED) is 0.853. The van der Waals surface area contributed by atoms with E-state index in [0.29, 0.717) is 6.54 Å². The number of fused-ring (bicyclic) bond motifs is 1. The molecule has 132 valence electrons. The van der Waals surface area contributed by atoms with Crippen LogP contribution in [0, 0.1) is 0 Å². The lowest BCUT2D eigenvalue weighted by Gasteiger charge is -2.30. The minimum Gasteiger partial charge on any atom is -0.496 e. The minimum absolute atomic E-state index is 0.00513. The Morgan fingerprint density at radius 1 is 1.20 bits per heavy atom. The molecule has 2 amide bonds. The molecule has 2 aromatic carbocycles. The third kappa shape index (κ3) is 3.78. The molecule has 0 unspecified atom stereocenters. The normalized spacial score (nSPS) is 15.5. The summed E-state index contributed by atoms with van der Waals surface area (Å²) in [6, 6.07) is 16.4. The zero-order valence-electron chi connectivity index (χ0n) is 15.0. The monoisotopic (exact) mass is 338 g/mol. The van der Waals surface area contributed by atoms with Crippen LogP contribution in [0.25, 0.3) is 0 Å². The van der Waals surface area contributed by atoms with Crippen molar-refractivity contribution >= 4 is 6.03 Å². The van der Waals surface area contributed by atoms with Gasteiger partial charge in [0.25, 0.3) is 0 Å². The average Bonchev–Trinajstić information content (AvgIpc) is 3.08. The van der Waals surface area contributed by atoms with Gasteiger partial charge in [-0.1, -0.05) is 49.4 Å². The predicted molar refractivity (Wildman–Crippen MR) is 99.7 cm³/mol. The van der Waals surface area contributed by atoms with Gasteiger partial charge in [0.1, 0.15) is 5.75 Å². The van der Waals surface area contributed by atoms with Crippen LogP contribution >= 0.6 is 0 Å². The molecule has 1 aliphatic rings. The number of para-hydroxylation sites is 1. The van der Waals surface area contributed by atoms with Crippen LogP contribution < -0.4 is 10.1 Å². The Kier molecular flexibility index (Phi) is 5.59. The molecule has 25 heavy (non-hydrogen) atoms. The number of carbonyl (C=O) groups excluding carboxylic acids is 1. The van der Waals surface area contributed by atoms with Gasteiger partial charge in [0, 0.05) is 18.7 Å². The van der Waals surface area contributed by atoms with Crippen LogP contribution in [0.5, 0.6) is 5.75 Å². The molecule has 4 heteroatoms. The Labute approximate surface area is 149 Å². The Morgan fingerprint density at radius 2 is 1.96 bits per heavy atom. The van der Waals surface area contributed by atoms with Crippen molar-refractivity contribution in [3.05, 3.63) is 65.2 Å². The van der Waals surface area contributed by atoms with Gasteiger partial charge in [-0.15, -0.1) is 0 Å². The highest BCUT2D eigenvalue weighted by Crippen LogP contribution is 2.35. The molecule has 1 N–H and O–H groups in total. The number of rotatable bonds is 6. The van der Waals surface area contributed by atoms with Gasteiger partial charge in [-0.3, -0.25) is 0 Å². The highest BCUT2D eigenvalue weighted by molar-refractivity contribution is 5.75. The fraction of sp³-hybridized carbons (Fsp3) is 0.381. The van der Waals surface area contributed by atoms with E-state index in [0.717, 1.165) is 37.1 Å². The Balaban J connectivity index is 1.72. The van der Waals surface area contributed by atoms with Crippen LogP contribution in [0.2, 0.25) is 0 Å². The fourth-order valence-corrected chi connectivity index (χ4v) is 3.62. The molecule has 1 atom stereocenters. The Bertz CT molecular complexity index is 729. The van der Waals surface area contributed by atoms with Crippen molar-refractivity contribution in [1.82, 2.24) is 10.2 Å². The van der Waals surface area contributed by atoms with Crippen molar-refractivity contribution in [2.24, 2.45) is 0 Å². The van der Waals surface area contributed by atoms with E-state index in [1.54, 1.807) is 7.11 Å². The number of nitrogens with zero attached hydrogens (tertiary/aromatic N) is 1. The Hall–Kier alpha value is -2.49. The van der Waals surface area contributed by atoms with E-state index in [1.165, 1.54) is 11.1 Å². The number of carbonyl (C=O) groups is 1. The SMILES string of the molecule is CCCN(C(=O)NCc1ccccc1OC)[C@H]1CCc2ccccc21. The second-order valence-electron chi connectivity index (χ2n) is 6.42. The first-order chi connectivity index (χ1) is 12.2. The van der Waals surface area contributed by atoms with E-state index in [-0.39, 0.29) is 12.1 Å². The number of hydrogen-bond donors (Lipinski definition) is 1. The minimum atomic E-state index is -0.00513. The maximum Gasteiger partial charge on any atom is 0.318 e. The molecule has 0 saturated heterocycles. The number of hydrogen-bond acceptors (Lipinski definition) is 2. The van der Waals surface area contributed by atoms with Crippen molar-refractivity contribution in [3.8, 4) is 5.75 Å². The lowest BCUT2D eigenvalue weighted by Crippen LogP contribution is -2.41. The van der Waals surface area contributed by atoms with Gasteiger partial charge < -0.3 is 15.0 Å². The molecule has 4 nitrogen and oxygen atoms in total. The van der Waals surface area contributed by atoms with Gasteiger partial charge in [0.15, 0.2) is 0 Å². The first-order valence-electron chi connectivity index (χ1n) is 8.98. The third-order valence-electron chi connectivity index (χ3n) is 4.83. The molecule has 0 saturated carbocycles. The average molecular weight is 338 g/mol. The van der Waals surface area contributed by atoms with Crippen LogP contribution in [0.15, 0.2) is 48.5 Å². The zero-order chi connectivity index (χ0) is 17.6. The molecule has 0 radical (unpaired) electrons. The van der Waals surface area contributed by atoms with Gasteiger partial charge in [-0.05, 0) is 36.5 Å². The van der Waals surface area contributed by atoms with E-state index < -0.39 is 0 Å². The van der Waals surface area contributed by atoms with Crippen molar-refractivity contribution in [1.29, 1.82) is 0 Å². The summed E-state index contributed by atoms with van der Waals surface area (Å²) in [6.07, 6.45) is 2.99. The molecule has 0 fully saturated rings. The maximum absolute atomic E-state index is 12.9. The van der Waals surface area contributed by atoms with Crippen molar-refractivity contribution < 1.29 is 9.53 Å². The number of amides is 2. The summed E-state index contributed by atoms with van der Waals surface area (Å²) in [5.41, 5.74) is 3.65. The number of urea groups is 1. The number of ether oxygens (including phenoxy) is 1. The number of nitrogens with one attached hydrogen (secondary N) is 1. The zero-order valence-corrected chi connectivity index (χ0v) is 15.0. The standard InChI is InChI=1S/C21H26N2O2/c1-3-14-23(19-13-12-16-8-4-6-10-18(16)19)21(24)22-15-17-9-5-7-11-20(17)25-2/h4-11,19H,3,12-15H2,1-2H3,(H,22,24)/t19-/m0/s1. The van der Waals surface area contributed by atoms with E-state index in [1.807, 2.05) is 29.2 Å². The Morgan fingerprint density at radius 3 is 2.76 bits per heavy atom. The van der Waals surface area contributed by atoms with Crippen molar-refractivity contribution in [2.75, 3.05) is 13.7 Å². The first-order valence-corrected chi connectivity index (χ1v) is 8.98. The molecule has 0 spiro atoms. The van der Waals surface area contributed by atoms with Gasteiger partial charge >= 0.3 is 6.03 Å². The molecule has 2 aromatic rings. The fourth-order valence-electron chi connectivity index (χ4n) is 3.62. The largest absolute Gasteiger partial charge is 0.496 e. The predicted octanol–water partition coefficient (Wildman–Crippen LogP) is 4.30. The van der Waals surface area contributed by atoms with E-state index in [9.17, 15) is 4.79 Å². The van der Waals surface area contributed by atoms with Gasteiger partial charge in [0.2, 0.25) is 0 Å². The van der Waals surface area contributed by atoms with Crippen LogP contribution in [0.3, 0.4) is 0 Å². The van der Waals surface area contributed by atoms with Crippen LogP contribution in [0.1, 0.15) is 42.5 Å². The molecular weight excluding hydrogens is 312 g/mol. The topological polar surface area (TPSA) is 41.6 Å². The molecule has 0 bridgehead atoms. The summed E-state index contributed by atoms with van der Waals surface area (Å²) >= 11 is 0. The van der Waals surface area contributed by atoms with E-state index >= 15 is 0 Å². The van der Waals surface area contributed by atoms with Crippen molar-refractivity contribution in [2.45, 2.75) is 38.8 Å². The molecule has 0 aromatic heterocycles. The summed E-state index contributed by atoms with van der Waals surface area (Å²) in [7, 11) is 1.65. The molecule has 0 aliphatic heterocycles. The summed E-state index contributed by atoms with van der Waals surface area (Å²) in [5, 5.41) is 3.07. The number of aryl methyl sites for hydroxylation is 1. The summed E-state index contributed by atoms with van der Waals surface area (Å²) in [4.78, 5) is 14.9. The third-order valence-corrected chi connectivity index (χ3v) is 4.83. The molecular formula is C21H26N2O2. The lowest BCUT2D eigenvalue weighted by molar-refractivity contribution is 0.173. The molecule has 1 aliphatic carbocycles. The van der Waals surface area contributed by atoms with Gasteiger partial charge in [-0.25, -0.2) is 4.79 Å². The summed E-state index contributed by atoms with van der Waals surface area (Å²) < 4.78 is 5.37. The second-order valence-corrected chi connectivity index (χ2v) is 6.42.